The van der Waals surface area contributed by atoms with Gasteiger partial charge in [0.05, 0.1) is 11.1 Å². The first-order valence-corrected chi connectivity index (χ1v) is 10.4. The Labute approximate surface area is 200 Å². The highest BCUT2D eigenvalue weighted by Crippen LogP contribution is 2.32. The van der Waals surface area contributed by atoms with E-state index in [0.717, 1.165) is 42.3 Å². The summed E-state index contributed by atoms with van der Waals surface area (Å²) < 4.78 is 110. The van der Waals surface area contributed by atoms with Crippen LogP contribution >= 0.6 is 0 Å². The summed E-state index contributed by atoms with van der Waals surface area (Å²) in [4.78, 5) is 0. The van der Waals surface area contributed by atoms with Crippen molar-refractivity contribution < 1.29 is 35.1 Å². The van der Waals surface area contributed by atoms with Crippen LogP contribution in [0.2, 0.25) is 0 Å². The second-order valence-electron chi connectivity index (χ2n) is 7.95. The summed E-state index contributed by atoms with van der Waals surface area (Å²) in [5, 5.41) is -0.398. The van der Waals surface area contributed by atoms with Gasteiger partial charge in [0.1, 0.15) is 29.1 Å². The van der Waals surface area contributed by atoms with Gasteiger partial charge < -0.3 is 0 Å². The van der Waals surface area contributed by atoms with Crippen LogP contribution in [0.4, 0.5) is 35.1 Å². The Morgan fingerprint density at radius 3 is 2.06 bits per heavy atom. The van der Waals surface area contributed by atoms with Crippen molar-refractivity contribution in [2.75, 3.05) is 0 Å². The topological polar surface area (TPSA) is 0 Å². The Hall–Kier alpha value is -4.12. The lowest BCUT2D eigenvalue weighted by Gasteiger charge is -2.10. The molecule has 4 aromatic rings. The van der Waals surface area contributed by atoms with Crippen molar-refractivity contribution >= 4 is 22.9 Å². The van der Waals surface area contributed by atoms with Gasteiger partial charge in [-0.3, -0.25) is 0 Å². The lowest BCUT2D eigenvalue weighted by molar-refractivity contribution is -0.0696. The van der Waals surface area contributed by atoms with Gasteiger partial charge in [-0.25, -0.2) is 22.0 Å². The van der Waals surface area contributed by atoms with Crippen LogP contribution in [0.25, 0.3) is 34.1 Å². The molecule has 0 aliphatic carbocycles. The molecule has 0 unspecified atom stereocenters. The average Bonchev–Trinajstić information content (AvgIpc) is 2.77. The van der Waals surface area contributed by atoms with Crippen molar-refractivity contribution in [2.24, 2.45) is 0 Å². The molecule has 0 radical (unpaired) electrons. The molecule has 0 heterocycles. The highest BCUT2D eigenvalue weighted by Gasteiger charge is 2.24. The standard InChI is InChI=1S/C28H14F8/c1-15-2-4-17(22(29)10-15)5-3-16-11-24(31)26(25(32)12-16)18-6-7-20-19(13-18)14-23(30)21(27(20)33)8-9-28(34,35)36/h2-7,10-14H,1H3/b5-3+. The summed E-state index contributed by atoms with van der Waals surface area (Å²) in [5.74, 6) is -2.87. The number of hydrogen-bond acceptors (Lipinski definition) is 0. The van der Waals surface area contributed by atoms with Crippen molar-refractivity contribution in [1.82, 2.24) is 0 Å². The van der Waals surface area contributed by atoms with Gasteiger partial charge in [0.2, 0.25) is 0 Å². The van der Waals surface area contributed by atoms with Crippen LogP contribution in [0.5, 0.6) is 0 Å². The van der Waals surface area contributed by atoms with E-state index in [-0.39, 0.29) is 27.5 Å². The predicted octanol–water partition coefficient (Wildman–Crippen LogP) is 8.59. The van der Waals surface area contributed by atoms with Gasteiger partial charge in [0.25, 0.3) is 0 Å². The fourth-order valence-electron chi connectivity index (χ4n) is 3.65. The molecule has 36 heavy (non-hydrogen) atoms. The fourth-order valence-corrected chi connectivity index (χ4v) is 3.65. The molecule has 0 aliphatic rings. The molecule has 0 aliphatic heterocycles. The van der Waals surface area contributed by atoms with Crippen LogP contribution in [0.15, 0.2) is 54.6 Å². The molecule has 0 atom stereocenters. The normalized spacial score (nSPS) is 11.7. The van der Waals surface area contributed by atoms with E-state index in [1.165, 1.54) is 30.2 Å². The molecular formula is C28H14F8. The van der Waals surface area contributed by atoms with Gasteiger partial charge in [-0.1, -0.05) is 42.3 Å². The number of rotatable bonds is 3. The summed E-state index contributed by atoms with van der Waals surface area (Å²) in [6.45, 7) is 1.72. The van der Waals surface area contributed by atoms with Gasteiger partial charge in [-0.2, -0.15) is 13.2 Å². The minimum atomic E-state index is -4.94. The molecule has 4 aromatic carbocycles. The summed E-state index contributed by atoms with van der Waals surface area (Å²) >= 11 is 0. The number of benzene rings is 4. The molecule has 0 bridgehead atoms. The van der Waals surface area contributed by atoms with Crippen LogP contribution in [0.3, 0.4) is 0 Å². The van der Waals surface area contributed by atoms with E-state index < -0.39 is 46.4 Å². The maximum atomic E-state index is 14.9. The van der Waals surface area contributed by atoms with Gasteiger partial charge >= 0.3 is 6.18 Å². The largest absolute Gasteiger partial charge is 0.458 e. The van der Waals surface area contributed by atoms with E-state index in [4.69, 9.17) is 0 Å². The van der Waals surface area contributed by atoms with E-state index in [1.807, 2.05) is 0 Å². The van der Waals surface area contributed by atoms with Crippen molar-refractivity contribution in [2.45, 2.75) is 13.1 Å². The lowest BCUT2D eigenvalue weighted by Crippen LogP contribution is -2.02. The Balaban J connectivity index is 1.72. The van der Waals surface area contributed by atoms with Gasteiger partial charge in [-0.05, 0) is 59.3 Å². The van der Waals surface area contributed by atoms with Crippen LogP contribution in [0, 0.1) is 47.9 Å². The highest BCUT2D eigenvalue weighted by atomic mass is 19.4. The smallest absolute Gasteiger partial charge is 0.206 e. The third-order valence-corrected chi connectivity index (χ3v) is 5.32. The molecule has 0 aromatic heterocycles. The summed E-state index contributed by atoms with van der Waals surface area (Å²) in [6, 6.07) is 10.6. The van der Waals surface area contributed by atoms with Crippen molar-refractivity contribution in [1.29, 1.82) is 0 Å². The molecule has 0 nitrogen and oxygen atoms in total. The van der Waals surface area contributed by atoms with Crippen LogP contribution in [-0.2, 0) is 0 Å². The van der Waals surface area contributed by atoms with E-state index in [9.17, 15) is 35.1 Å². The number of hydrogen-bond donors (Lipinski definition) is 0. The van der Waals surface area contributed by atoms with E-state index in [2.05, 4.69) is 0 Å². The maximum absolute atomic E-state index is 14.9. The predicted molar refractivity (Wildman–Crippen MR) is 122 cm³/mol. The molecule has 0 N–H and O–H groups in total. The zero-order valence-electron chi connectivity index (χ0n) is 18.4. The zero-order valence-corrected chi connectivity index (χ0v) is 18.4. The average molecular weight is 502 g/mol. The molecule has 0 amide bonds. The highest BCUT2D eigenvalue weighted by molar-refractivity contribution is 5.89. The number of fused-ring (bicyclic) bond motifs is 1. The first kappa shape index (κ1) is 25.0. The molecular weight excluding hydrogens is 488 g/mol. The van der Waals surface area contributed by atoms with Gasteiger partial charge in [0.15, 0.2) is 0 Å². The quantitative estimate of drug-likeness (QED) is 0.150. The fraction of sp³-hybridized carbons (Fsp3) is 0.0714. The Morgan fingerprint density at radius 2 is 1.42 bits per heavy atom. The van der Waals surface area contributed by atoms with Crippen molar-refractivity contribution in [3.05, 3.63) is 106 Å². The van der Waals surface area contributed by atoms with Crippen molar-refractivity contribution in [3.63, 3.8) is 0 Å². The number of alkyl halides is 3. The summed E-state index contributed by atoms with van der Waals surface area (Å²) in [5.41, 5.74) is -0.538. The Bertz CT molecular complexity index is 1560. The molecule has 8 heteroatoms. The molecule has 0 fully saturated rings. The Morgan fingerprint density at radius 1 is 0.722 bits per heavy atom. The van der Waals surface area contributed by atoms with Gasteiger partial charge in [-0.15, -0.1) is 0 Å². The first-order valence-electron chi connectivity index (χ1n) is 10.4. The second kappa shape index (κ2) is 9.50. The first-order chi connectivity index (χ1) is 16.9. The minimum absolute atomic E-state index is 0.0504. The third-order valence-electron chi connectivity index (χ3n) is 5.32. The van der Waals surface area contributed by atoms with Crippen molar-refractivity contribution in [3.8, 4) is 23.0 Å². The SMILES string of the molecule is Cc1ccc(/C=C/c2cc(F)c(-c3ccc4c(F)c(C#CC(F)(F)F)c(F)cc4c3)c(F)c2)c(F)c1. The minimum Gasteiger partial charge on any atom is -0.206 e. The molecule has 4 rings (SSSR count). The number of halogens is 8. The van der Waals surface area contributed by atoms with E-state index in [1.54, 1.807) is 13.0 Å². The second-order valence-corrected chi connectivity index (χ2v) is 7.95. The Kier molecular flexibility index (Phi) is 6.59. The van der Waals surface area contributed by atoms with Crippen LogP contribution < -0.4 is 0 Å². The van der Waals surface area contributed by atoms with Crippen LogP contribution in [-0.4, -0.2) is 6.18 Å². The molecule has 0 spiro atoms. The lowest BCUT2D eigenvalue weighted by atomic mass is 9.97. The van der Waals surface area contributed by atoms with Crippen LogP contribution in [0.1, 0.15) is 22.3 Å². The van der Waals surface area contributed by atoms with Gasteiger partial charge in [0, 0.05) is 16.9 Å². The molecule has 0 saturated heterocycles. The number of aryl methyl sites for hydroxylation is 1. The molecule has 182 valence electrons. The molecule has 0 saturated carbocycles. The van der Waals surface area contributed by atoms with E-state index in [0.29, 0.717) is 5.56 Å². The monoisotopic (exact) mass is 502 g/mol. The zero-order chi connectivity index (χ0) is 26.2. The third kappa shape index (κ3) is 5.25. The summed E-state index contributed by atoms with van der Waals surface area (Å²) in [6.07, 6.45) is -2.25. The summed E-state index contributed by atoms with van der Waals surface area (Å²) in [7, 11) is 0. The maximum Gasteiger partial charge on any atom is 0.458 e. The van der Waals surface area contributed by atoms with E-state index >= 15 is 0 Å².